The highest BCUT2D eigenvalue weighted by atomic mass is 16.5. The Kier molecular flexibility index (Phi) is 4.58. The van der Waals surface area contributed by atoms with Gasteiger partial charge in [0.15, 0.2) is 0 Å². The molecule has 4 nitrogen and oxygen atoms in total. The van der Waals surface area contributed by atoms with E-state index in [4.69, 9.17) is 9.15 Å². The fourth-order valence-corrected chi connectivity index (χ4v) is 2.98. The topological polar surface area (TPSA) is 37.6 Å². The first-order valence-corrected chi connectivity index (χ1v) is 7.77. The van der Waals surface area contributed by atoms with Gasteiger partial charge < -0.3 is 14.5 Å². The fourth-order valence-electron chi connectivity index (χ4n) is 2.98. The lowest BCUT2D eigenvalue weighted by Gasteiger charge is -2.27. The van der Waals surface area contributed by atoms with Crippen molar-refractivity contribution in [2.24, 2.45) is 0 Å². The van der Waals surface area contributed by atoms with Crippen molar-refractivity contribution in [1.29, 1.82) is 0 Å². The summed E-state index contributed by atoms with van der Waals surface area (Å²) in [6.45, 7) is 5.72. The van der Waals surface area contributed by atoms with Crippen molar-refractivity contribution in [3.05, 3.63) is 36.1 Å². The largest absolute Gasteiger partial charge is 0.459 e. The van der Waals surface area contributed by atoms with Gasteiger partial charge in [-0.25, -0.2) is 0 Å². The molecule has 1 saturated heterocycles. The molecule has 1 N–H and O–H groups in total. The number of nitrogens with zero attached hydrogens (tertiary/aromatic N) is 1. The van der Waals surface area contributed by atoms with Crippen LogP contribution in [0.15, 0.2) is 34.7 Å². The molecule has 1 aliphatic rings. The minimum absolute atomic E-state index is 0.216. The van der Waals surface area contributed by atoms with E-state index in [1.165, 1.54) is 5.39 Å². The van der Waals surface area contributed by atoms with Gasteiger partial charge >= 0.3 is 0 Å². The van der Waals surface area contributed by atoms with Crippen LogP contribution in [0.25, 0.3) is 11.0 Å². The first kappa shape index (κ1) is 14.6. The molecule has 0 amide bonds. The molecule has 21 heavy (non-hydrogen) atoms. The quantitative estimate of drug-likeness (QED) is 0.887. The average Bonchev–Trinajstić information content (AvgIpc) is 3.15. The zero-order valence-corrected chi connectivity index (χ0v) is 12.8. The third-order valence-electron chi connectivity index (χ3n) is 4.24. The number of furan rings is 1. The van der Waals surface area contributed by atoms with Crippen molar-refractivity contribution in [1.82, 2.24) is 10.2 Å². The van der Waals surface area contributed by atoms with Crippen LogP contribution in [-0.2, 0) is 4.74 Å². The molecule has 2 aromatic rings. The second kappa shape index (κ2) is 6.60. The van der Waals surface area contributed by atoms with Gasteiger partial charge in [0.2, 0.25) is 0 Å². The first-order valence-electron chi connectivity index (χ1n) is 7.77. The number of ether oxygens (including phenoxy) is 1. The molecule has 4 heteroatoms. The summed E-state index contributed by atoms with van der Waals surface area (Å²) in [4.78, 5) is 2.38. The lowest BCUT2D eigenvalue weighted by atomic mass is 10.1. The third-order valence-corrected chi connectivity index (χ3v) is 4.24. The van der Waals surface area contributed by atoms with Gasteiger partial charge in [-0.15, -0.1) is 0 Å². The van der Waals surface area contributed by atoms with Crippen LogP contribution >= 0.6 is 0 Å². The van der Waals surface area contributed by atoms with Gasteiger partial charge in [0.05, 0.1) is 12.6 Å². The van der Waals surface area contributed by atoms with E-state index in [-0.39, 0.29) is 6.04 Å². The van der Waals surface area contributed by atoms with E-state index in [1.807, 2.05) is 18.2 Å². The molecule has 1 aliphatic heterocycles. The Morgan fingerprint density at radius 3 is 2.95 bits per heavy atom. The maximum absolute atomic E-state index is 6.03. The minimum atomic E-state index is 0.216. The Hall–Kier alpha value is -1.36. The van der Waals surface area contributed by atoms with Gasteiger partial charge in [0.25, 0.3) is 0 Å². The summed E-state index contributed by atoms with van der Waals surface area (Å²) in [5.74, 6) is 1.02. The lowest BCUT2D eigenvalue weighted by Crippen LogP contribution is -2.39. The van der Waals surface area contributed by atoms with E-state index >= 15 is 0 Å². The minimum Gasteiger partial charge on any atom is -0.459 e. The second-order valence-electron chi connectivity index (χ2n) is 5.75. The van der Waals surface area contributed by atoms with Gasteiger partial charge in [-0.3, -0.25) is 4.90 Å². The van der Waals surface area contributed by atoms with Crippen molar-refractivity contribution >= 4 is 11.0 Å². The normalized spacial score (nSPS) is 20.4. The van der Waals surface area contributed by atoms with Gasteiger partial charge in [-0.2, -0.15) is 0 Å². The van der Waals surface area contributed by atoms with Gasteiger partial charge in [0.1, 0.15) is 11.3 Å². The molecular formula is C17H24N2O2. The number of nitrogens with one attached hydrogen (secondary N) is 1. The number of hydrogen-bond acceptors (Lipinski definition) is 4. The number of fused-ring (bicyclic) bond motifs is 1. The fraction of sp³-hybridized carbons (Fsp3) is 0.529. The first-order chi connectivity index (χ1) is 10.3. The molecule has 2 heterocycles. The van der Waals surface area contributed by atoms with Crippen molar-refractivity contribution < 1.29 is 9.15 Å². The molecule has 0 saturated carbocycles. The van der Waals surface area contributed by atoms with Gasteiger partial charge in [-0.05, 0) is 32.1 Å². The lowest BCUT2D eigenvalue weighted by molar-refractivity contribution is 0.151. The van der Waals surface area contributed by atoms with Crippen LogP contribution < -0.4 is 5.32 Å². The monoisotopic (exact) mass is 288 g/mol. The smallest absolute Gasteiger partial charge is 0.134 e. The van der Waals surface area contributed by atoms with E-state index in [0.29, 0.717) is 6.04 Å². The zero-order chi connectivity index (χ0) is 14.7. The Bertz CT molecular complexity index is 542. The van der Waals surface area contributed by atoms with Crippen LogP contribution in [0, 0.1) is 0 Å². The average molecular weight is 288 g/mol. The maximum Gasteiger partial charge on any atom is 0.134 e. The molecule has 1 aromatic heterocycles. The summed E-state index contributed by atoms with van der Waals surface area (Å²) in [6.07, 6.45) is 1.12. The predicted octanol–water partition coefficient (Wildman–Crippen LogP) is 2.80. The Labute approximate surface area is 126 Å². The molecule has 114 valence electrons. The number of para-hydroxylation sites is 1. The summed E-state index contributed by atoms with van der Waals surface area (Å²) in [5, 5.41) is 4.71. The molecule has 3 rings (SSSR count). The molecule has 0 spiro atoms. The molecule has 0 aliphatic carbocycles. The number of benzene rings is 1. The Morgan fingerprint density at radius 2 is 2.24 bits per heavy atom. The highest BCUT2D eigenvalue weighted by Crippen LogP contribution is 2.25. The molecule has 0 bridgehead atoms. The van der Waals surface area contributed by atoms with E-state index in [2.05, 4.69) is 36.3 Å². The summed E-state index contributed by atoms with van der Waals surface area (Å²) in [6, 6.07) is 11.1. The van der Waals surface area contributed by atoms with Crippen LogP contribution in [0.3, 0.4) is 0 Å². The van der Waals surface area contributed by atoms with Crippen molar-refractivity contribution in [2.75, 3.05) is 33.4 Å². The number of hydrogen-bond donors (Lipinski definition) is 1. The van der Waals surface area contributed by atoms with Crippen molar-refractivity contribution in [3.8, 4) is 0 Å². The molecule has 1 fully saturated rings. The van der Waals surface area contributed by atoms with Crippen LogP contribution in [-0.4, -0.2) is 44.3 Å². The van der Waals surface area contributed by atoms with Crippen molar-refractivity contribution in [2.45, 2.75) is 25.4 Å². The number of rotatable bonds is 6. The SMILES string of the molecule is CCNC(CN(C)C1CCOC1)c1cc2ccccc2o1. The van der Waals surface area contributed by atoms with Crippen LogP contribution in [0.5, 0.6) is 0 Å². The highest BCUT2D eigenvalue weighted by molar-refractivity contribution is 5.77. The molecule has 2 atom stereocenters. The summed E-state index contributed by atoms with van der Waals surface area (Å²) in [7, 11) is 2.17. The van der Waals surface area contributed by atoms with Gasteiger partial charge in [0, 0.05) is 24.6 Å². The molecular weight excluding hydrogens is 264 g/mol. The summed E-state index contributed by atoms with van der Waals surface area (Å²) in [5.41, 5.74) is 0.960. The Balaban J connectivity index is 1.76. The van der Waals surface area contributed by atoms with E-state index in [0.717, 1.165) is 44.1 Å². The Morgan fingerprint density at radius 1 is 1.38 bits per heavy atom. The van der Waals surface area contributed by atoms with Crippen molar-refractivity contribution in [3.63, 3.8) is 0 Å². The predicted molar refractivity (Wildman–Crippen MR) is 84.5 cm³/mol. The standard InChI is InChI=1S/C17H24N2O2/c1-3-18-15(11-19(2)14-8-9-20-12-14)17-10-13-6-4-5-7-16(13)21-17/h4-7,10,14-15,18H,3,8-9,11-12H2,1-2H3. The zero-order valence-electron chi connectivity index (χ0n) is 12.8. The van der Waals surface area contributed by atoms with E-state index in [9.17, 15) is 0 Å². The summed E-state index contributed by atoms with van der Waals surface area (Å²) < 4.78 is 11.5. The maximum atomic E-state index is 6.03. The van der Waals surface area contributed by atoms with Crippen LogP contribution in [0.2, 0.25) is 0 Å². The molecule has 2 unspecified atom stereocenters. The highest BCUT2D eigenvalue weighted by Gasteiger charge is 2.24. The summed E-state index contributed by atoms with van der Waals surface area (Å²) >= 11 is 0. The molecule has 0 radical (unpaired) electrons. The second-order valence-corrected chi connectivity index (χ2v) is 5.75. The van der Waals surface area contributed by atoms with Crippen LogP contribution in [0.1, 0.15) is 25.1 Å². The van der Waals surface area contributed by atoms with E-state index < -0.39 is 0 Å². The third kappa shape index (κ3) is 3.28. The van der Waals surface area contributed by atoms with E-state index in [1.54, 1.807) is 0 Å². The van der Waals surface area contributed by atoms with Gasteiger partial charge in [-0.1, -0.05) is 25.1 Å². The number of likely N-dealkylation sites (N-methyl/N-ethyl adjacent to an activating group) is 2. The van der Waals surface area contributed by atoms with Crippen LogP contribution in [0.4, 0.5) is 0 Å². The molecule has 1 aromatic carbocycles.